The number of benzene rings is 2. The molecule has 2 aliphatic rings. The first-order valence-corrected chi connectivity index (χ1v) is 10.1. The number of carbonyl (C=O) groups is 1. The van der Waals surface area contributed by atoms with Gasteiger partial charge < -0.3 is 24.0 Å². The van der Waals surface area contributed by atoms with Crippen LogP contribution in [-0.4, -0.2) is 77.5 Å². The average molecular weight is 422 g/mol. The summed E-state index contributed by atoms with van der Waals surface area (Å²) in [5.41, 5.74) is 1.41. The van der Waals surface area contributed by atoms with Crippen molar-refractivity contribution in [2.75, 3.05) is 51.4 Å². The van der Waals surface area contributed by atoms with Crippen molar-refractivity contribution in [1.29, 1.82) is 0 Å². The maximum absolute atomic E-state index is 13.1. The summed E-state index contributed by atoms with van der Waals surface area (Å²) in [6, 6.07) is 13.2. The van der Waals surface area contributed by atoms with Crippen molar-refractivity contribution in [2.45, 2.75) is 0 Å². The highest BCUT2D eigenvalue weighted by Crippen LogP contribution is 2.40. The highest BCUT2D eigenvalue weighted by molar-refractivity contribution is 5.95. The zero-order valence-electron chi connectivity index (χ0n) is 17.1. The van der Waals surface area contributed by atoms with Gasteiger partial charge in [0.05, 0.1) is 12.8 Å². The number of aromatic nitrogens is 4. The second-order valence-corrected chi connectivity index (χ2v) is 7.21. The molecule has 5 rings (SSSR count). The molecular formula is C21H22N6O4. The Morgan fingerprint density at radius 2 is 1.81 bits per heavy atom. The van der Waals surface area contributed by atoms with Gasteiger partial charge in [-0.05, 0) is 34.7 Å². The van der Waals surface area contributed by atoms with Crippen LogP contribution in [0.1, 0.15) is 10.4 Å². The molecule has 1 amide bonds. The first-order valence-electron chi connectivity index (χ1n) is 10.1. The number of tetrazole rings is 1. The van der Waals surface area contributed by atoms with Crippen LogP contribution in [0.2, 0.25) is 0 Å². The Hall–Kier alpha value is -3.82. The standard InChI is InChI=1S/C21H22N6O4/c1-29-17-13-15(14-18-19(17)31-12-11-30-18)20(28)25-7-9-26(10-8-25)21-22-23-24-27(21)16-5-3-2-4-6-16/h2-6,13-14H,7-12H2,1H3. The number of piperazine rings is 1. The van der Waals surface area contributed by atoms with Gasteiger partial charge in [0, 0.05) is 31.7 Å². The Kier molecular flexibility index (Phi) is 5.03. The van der Waals surface area contributed by atoms with E-state index in [1.165, 1.54) is 0 Å². The summed E-state index contributed by atoms with van der Waals surface area (Å²) in [6.45, 7) is 3.26. The third-order valence-electron chi connectivity index (χ3n) is 5.38. The molecular weight excluding hydrogens is 400 g/mol. The van der Waals surface area contributed by atoms with Crippen molar-refractivity contribution in [3.8, 4) is 22.9 Å². The van der Waals surface area contributed by atoms with Gasteiger partial charge in [0.1, 0.15) is 13.2 Å². The van der Waals surface area contributed by atoms with Crippen molar-refractivity contribution in [1.82, 2.24) is 25.1 Å². The molecule has 0 atom stereocenters. The number of carbonyl (C=O) groups excluding carboxylic acids is 1. The number of ether oxygens (including phenoxy) is 3. The molecule has 2 aliphatic heterocycles. The molecule has 0 N–H and O–H groups in total. The van der Waals surface area contributed by atoms with E-state index in [2.05, 4.69) is 20.4 Å². The molecule has 31 heavy (non-hydrogen) atoms. The maximum Gasteiger partial charge on any atom is 0.254 e. The Morgan fingerprint density at radius 3 is 2.58 bits per heavy atom. The van der Waals surface area contributed by atoms with Gasteiger partial charge in [0.25, 0.3) is 5.91 Å². The molecule has 0 radical (unpaired) electrons. The summed E-state index contributed by atoms with van der Waals surface area (Å²) in [6.07, 6.45) is 0. The van der Waals surface area contributed by atoms with Gasteiger partial charge in [-0.1, -0.05) is 23.3 Å². The minimum Gasteiger partial charge on any atom is -0.493 e. The van der Waals surface area contributed by atoms with Gasteiger partial charge in [-0.15, -0.1) is 0 Å². The van der Waals surface area contributed by atoms with E-state index in [0.717, 1.165) is 5.69 Å². The zero-order valence-corrected chi connectivity index (χ0v) is 17.1. The fraction of sp³-hybridized carbons (Fsp3) is 0.333. The molecule has 0 unspecified atom stereocenters. The van der Waals surface area contributed by atoms with Crippen molar-refractivity contribution < 1.29 is 19.0 Å². The Bertz CT molecular complexity index is 1060. The molecule has 0 aliphatic carbocycles. The summed E-state index contributed by atoms with van der Waals surface area (Å²) in [5.74, 6) is 2.18. The average Bonchev–Trinajstić information content (AvgIpc) is 3.33. The summed E-state index contributed by atoms with van der Waals surface area (Å²) in [5, 5.41) is 12.1. The number of fused-ring (bicyclic) bond motifs is 1. The van der Waals surface area contributed by atoms with Crippen LogP contribution in [0, 0.1) is 0 Å². The van der Waals surface area contributed by atoms with E-state index in [-0.39, 0.29) is 5.91 Å². The van der Waals surface area contributed by atoms with Crippen molar-refractivity contribution in [2.24, 2.45) is 0 Å². The fourth-order valence-corrected chi connectivity index (χ4v) is 3.80. The van der Waals surface area contributed by atoms with E-state index in [9.17, 15) is 4.79 Å². The van der Waals surface area contributed by atoms with Gasteiger partial charge in [0.15, 0.2) is 11.5 Å². The topological polar surface area (TPSA) is 94.8 Å². The van der Waals surface area contributed by atoms with Crippen LogP contribution in [0.15, 0.2) is 42.5 Å². The highest BCUT2D eigenvalue weighted by Gasteiger charge is 2.28. The third-order valence-corrected chi connectivity index (χ3v) is 5.38. The summed E-state index contributed by atoms with van der Waals surface area (Å²) in [7, 11) is 1.55. The van der Waals surface area contributed by atoms with Crippen LogP contribution < -0.4 is 19.1 Å². The van der Waals surface area contributed by atoms with Gasteiger partial charge in [0.2, 0.25) is 11.7 Å². The lowest BCUT2D eigenvalue weighted by atomic mass is 10.1. The minimum atomic E-state index is -0.0717. The van der Waals surface area contributed by atoms with Crippen LogP contribution >= 0.6 is 0 Å². The predicted molar refractivity (Wildman–Crippen MR) is 111 cm³/mol. The Labute approximate surface area is 178 Å². The van der Waals surface area contributed by atoms with Crippen LogP contribution in [0.4, 0.5) is 5.95 Å². The molecule has 0 bridgehead atoms. The second-order valence-electron chi connectivity index (χ2n) is 7.21. The molecule has 160 valence electrons. The first-order chi connectivity index (χ1) is 15.2. The number of para-hydroxylation sites is 1. The number of hydrogen-bond donors (Lipinski definition) is 0. The number of rotatable bonds is 4. The van der Waals surface area contributed by atoms with Crippen LogP contribution in [-0.2, 0) is 0 Å². The predicted octanol–water partition coefficient (Wildman–Crippen LogP) is 1.40. The lowest BCUT2D eigenvalue weighted by Gasteiger charge is -2.35. The number of nitrogens with zero attached hydrogens (tertiary/aromatic N) is 6. The first kappa shape index (κ1) is 19.2. The van der Waals surface area contributed by atoms with Crippen LogP contribution in [0.3, 0.4) is 0 Å². The molecule has 10 heteroatoms. The monoisotopic (exact) mass is 422 g/mol. The molecule has 1 aromatic heterocycles. The fourth-order valence-electron chi connectivity index (χ4n) is 3.80. The smallest absolute Gasteiger partial charge is 0.254 e. The molecule has 3 aromatic rings. The summed E-state index contributed by atoms with van der Waals surface area (Å²) in [4.78, 5) is 17.0. The molecule has 0 saturated carbocycles. The van der Waals surface area contributed by atoms with E-state index in [4.69, 9.17) is 14.2 Å². The van der Waals surface area contributed by atoms with Crippen LogP contribution in [0.5, 0.6) is 17.2 Å². The number of hydrogen-bond acceptors (Lipinski definition) is 8. The van der Waals surface area contributed by atoms with E-state index < -0.39 is 0 Å². The van der Waals surface area contributed by atoms with Gasteiger partial charge in [-0.25, -0.2) is 0 Å². The van der Waals surface area contributed by atoms with E-state index in [0.29, 0.717) is 68.2 Å². The third kappa shape index (κ3) is 3.60. The molecule has 2 aromatic carbocycles. The number of anilines is 1. The number of amides is 1. The molecule has 1 fully saturated rings. The van der Waals surface area contributed by atoms with Gasteiger partial charge in [-0.3, -0.25) is 4.79 Å². The van der Waals surface area contributed by atoms with E-state index in [1.807, 2.05) is 35.2 Å². The normalized spacial score (nSPS) is 15.6. The lowest BCUT2D eigenvalue weighted by Crippen LogP contribution is -2.49. The Balaban J connectivity index is 1.31. The maximum atomic E-state index is 13.1. The van der Waals surface area contributed by atoms with Crippen molar-refractivity contribution in [3.63, 3.8) is 0 Å². The Morgan fingerprint density at radius 1 is 1.03 bits per heavy atom. The summed E-state index contributed by atoms with van der Waals surface area (Å²) >= 11 is 0. The minimum absolute atomic E-state index is 0.0717. The largest absolute Gasteiger partial charge is 0.493 e. The van der Waals surface area contributed by atoms with Crippen molar-refractivity contribution >= 4 is 11.9 Å². The molecule has 1 saturated heterocycles. The lowest BCUT2D eigenvalue weighted by molar-refractivity contribution is 0.0744. The van der Waals surface area contributed by atoms with Gasteiger partial charge >= 0.3 is 0 Å². The van der Waals surface area contributed by atoms with Crippen LogP contribution in [0.25, 0.3) is 5.69 Å². The molecule has 0 spiro atoms. The second kappa shape index (κ2) is 8.13. The molecule has 3 heterocycles. The zero-order chi connectivity index (χ0) is 21.2. The SMILES string of the molecule is COc1cc(C(=O)N2CCN(c3nnnn3-c3ccccc3)CC2)cc2c1OCCO2. The summed E-state index contributed by atoms with van der Waals surface area (Å²) < 4.78 is 18.4. The number of methoxy groups -OCH3 is 1. The van der Waals surface area contributed by atoms with Gasteiger partial charge in [-0.2, -0.15) is 4.68 Å². The van der Waals surface area contributed by atoms with E-state index >= 15 is 0 Å². The van der Waals surface area contributed by atoms with E-state index in [1.54, 1.807) is 23.9 Å². The quantitative estimate of drug-likeness (QED) is 0.623. The highest BCUT2D eigenvalue weighted by atomic mass is 16.6. The molecule has 10 nitrogen and oxygen atoms in total. The van der Waals surface area contributed by atoms with Crippen molar-refractivity contribution in [3.05, 3.63) is 48.0 Å².